The Morgan fingerprint density at radius 1 is 1.05 bits per heavy atom. The summed E-state index contributed by atoms with van der Waals surface area (Å²) in [7, 11) is 0. The third-order valence-electron chi connectivity index (χ3n) is 6.34. The van der Waals surface area contributed by atoms with E-state index in [1.807, 2.05) is 6.20 Å². The molecule has 1 aromatic heterocycles. The molecule has 1 aliphatic heterocycles. The molecule has 21 heavy (non-hydrogen) atoms. The first-order valence-corrected chi connectivity index (χ1v) is 8.88. The second-order valence-corrected chi connectivity index (χ2v) is 7.77. The Morgan fingerprint density at radius 2 is 1.86 bits per heavy atom. The molecular weight excluding hydrogens is 256 g/mol. The molecule has 0 radical (unpaired) electrons. The van der Waals surface area contributed by atoms with Gasteiger partial charge in [0, 0.05) is 23.9 Å². The van der Waals surface area contributed by atoms with Gasteiger partial charge in [-0.15, -0.1) is 0 Å². The summed E-state index contributed by atoms with van der Waals surface area (Å²) < 4.78 is 0. The number of pyridine rings is 1. The van der Waals surface area contributed by atoms with E-state index in [1.54, 1.807) is 0 Å². The Hall–Kier alpha value is -0.890. The van der Waals surface area contributed by atoms with Gasteiger partial charge >= 0.3 is 0 Å². The molecule has 0 spiro atoms. The quantitative estimate of drug-likeness (QED) is 0.814. The molecule has 3 aliphatic rings. The summed E-state index contributed by atoms with van der Waals surface area (Å²) in [4.78, 5) is 7.57. The van der Waals surface area contributed by atoms with Crippen molar-refractivity contribution in [3.63, 3.8) is 0 Å². The molecule has 0 N–H and O–H groups in total. The summed E-state index contributed by atoms with van der Waals surface area (Å²) in [6, 6.07) is 3.22. The van der Waals surface area contributed by atoms with Crippen LogP contribution in [0.2, 0.25) is 0 Å². The molecule has 0 amide bonds. The zero-order valence-electron chi connectivity index (χ0n) is 13.5. The van der Waals surface area contributed by atoms with Crippen molar-refractivity contribution in [3.8, 4) is 0 Å². The number of likely N-dealkylation sites (tertiary alicyclic amines) is 1. The van der Waals surface area contributed by atoms with Crippen molar-refractivity contribution >= 4 is 0 Å². The Balaban J connectivity index is 1.40. The number of piperidine rings is 1. The molecule has 2 unspecified atom stereocenters. The number of fused-ring (bicyclic) bond motifs is 2. The largest absolute Gasteiger partial charge is 0.300 e. The molecule has 2 heteroatoms. The van der Waals surface area contributed by atoms with Crippen molar-refractivity contribution in [3.05, 3.63) is 29.1 Å². The molecule has 3 atom stereocenters. The number of hydrogen-bond acceptors (Lipinski definition) is 2. The van der Waals surface area contributed by atoms with Crippen LogP contribution in [0.15, 0.2) is 12.3 Å². The van der Waals surface area contributed by atoms with Gasteiger partial charge in [-0.2, -0.15) is 0 Å². The lowest BCUT2D eigenvalue weighted by atomic mass is 9.87. The molecule has 0 aromatic carbocycles. The van der Waals surface area contributed by atoms with Gasteiger partial charge in [-0.05, 0) is 82.0 Å². The first-order chi connectivity index (χ1) is 10.2. The van der Waals surface area contributed by atoms with Crippen molar-refractivity contribution in [2.24, 2.45) is 11.8 Å². The standard InChI is InChI=1S/C19H28N2/c1-13-9-14(2)19(20-12-13)16-5-7-21(8-6-16)18-11-15-3-4-17(18)10-15/h9,12,15-18H,3-8,10-11H2,1-2H3/t15?,17?,18-/m1/s1. The van der Waals surface area contributed by atoms with Crippen LogP contribution in [0.1, 0.15) is 61.3 Å². The highest BCUT2D eigenvalue weighted by Gasteiger charge is 2.42. The molecule has 2 heterocycles. The van der Waals surface area contributed by atoms with Crippen LogP contribution in [0.3, 0.4) is 0 Å². The van der Waals surface area contributed by atoms with Crippen molar-refractivity contribution in [1.29, 1.82) is 0 Å². The van der Waals surface area contributed by atoms with E-state index < -0.39 is 0 Å². The lowest BCUT2D eigenvalue weighted by Gasteiger charge is -2.39. The number of hydrogen-bond donors (Lipinski definition) is 0. The maximum absolute atomic E-state index is 4.74. The van der Waals surface area contributed by atoms with Crippen LogP contribution >= 0.6 is 0 Å². The highest BCUT2D eigenvalue weighted by atomic mass is 15.2. The van der Waals surface area contributed by atoms with E-state index in [0.717, 1.165) is 17.9 Å². The second-order valence-electron chi connectivity index (χ2n) is 7.77. The molecule has 114 valence electrons. The number of nitrogens with zero attached hydrogens (tertiary/aromatic N) is 2. The van der Waals surface area contributed by atoms with Crippen LogP contribution in [0, 0.1) is 25.7 Å². The summed E-state index contributed by atoms with van der Waals surface area (Å²) in [5.41, 5.74) is 4.05. The van der Waals surface area contributed by atoms with Crippen LogP contribution in [0.5, 0.6) is 0 Å². The van der Waals surface area contributed by atoms with Crippen LogP contribution in [0.25, 0.3) is 0 Å². The van der Waals surface area contributed by atoms with Crippen molar-refractivity contribution in [1.82, 2.24) is 9.88 Å². The Bertz CT molecular complexity index is 516. The molecular formula is C19H28N2. The first-order valence-electron chi connectivity index (χ1n) is 8.88. The third-order valence-corrected chi connectivity index (χ3v) is 6.34. The molecule has 2 bridgehead atoms. The maximum atomic E-state index is 4.74. The highest BCUT2D eigenvalue weighted by molar-refractivity contribution is 5.26. The van der Waals surface area contributed by atoms with E-state index in [2.05, 4.69) is 24.8 Å². The topological polar surface area (TPSA) is 16.1 Å². The van der Waals surface area contributed by atoms with Gasteiger partial charge in [-0.3, -0.25) is 4.98 Å². The monoisotopic (exact) mass is 284 g/mol. The number of aromatic nitrogens is 1. The first kappa shape index (κ1) is 13.8. The number of rotatable bonds is 2. The zero-order chi connectivity index (χ0) is 14.4. The van der Waals surface area contributed by atoms with Crippen molar-refractivity contribution in [2.45, 2.75) is 64.3 Å². The zero-order valence-corrected chi connectivity index (χ0v) is 13.5. The lowest BCUT2D eigenvalue weighted by molar-refractivity contribution is 0.110. The Kier molecular flexibility index (Phi) is 3.53. The summed E-state index contributed by atoms with van der Waals surface area (Å²) in [5, 5.41) is 0. The van der Waals surface area contributed by atoms with Gasteiger partial charge in [0.2, 0.25) is 0 Å². The minimum atomic E-state index is 0.695. The van der Waals surface area contributed by atoms with Gasteiger partial charge in [0.25, 0.3) is 0 Å². The van der Waals surface area contributed by atoms with Gasteiger partial charge in [-0.1, -0.05) is 12.5 Å². The lowest BCUT2D eigenvalue weighted by Crippen LogP contribution is -2.43. The fourth-order valence-electron chi connectivity index (χ4n) is 5.32. The van der Waals surface area contributed by atoms with Crippen LogP contribution in [0.4, 0.5) is 0 Å². The Labute approximate surface area is 129 Å². The fourth-order valence-corrected chi connectivity index (χ4v) is 5.32. The van der Waals surface area contributed by atoms with Crippen LogP contribution in [-0.4, -0.2) is 29.0 Å². The average Bonchev–Trinajstić information content (AvgIpc) is 3.10. The van der Waals surface area contributed by atoms with Crippen molar-refractivity contribution < 1.29 is 0 Å². The second kappa shape index (κ2) is 5.39. The smallest absolute Gasteiger partial charge is 0.0464 e. The minimum Gasteiger partial charge on any atom is -0.300 e. The summed E-state index contributed by atoms with van der Waals surface area (Å²) in [6.45, 7) is 6.97. The van der Waals surface area contributed by atoms with Gasteiger partial charge in [0.1, 0.15) is 0 Å². The average molecular weight is 284 g/mol. The van der Waals surface area contributed by atoms with Gasteiger partial charge in [0.05, 0.1) is 0 Å². The third kappa shape index (κ3) is 2.52. The predicted octanol–water partition coefficient (Wildman–Crippen LogP) is 4.07. The molecule has 4 rings (SSSR count). The molecule has 1 saturated heterocycles. The fraction of sp³-hybridized carbons (Fsp3) is 0.737. The SMILES string of the molecule is Cc1cnc(C2CCN([C@@H]3CC4CCC3C4)CC2)c(C)c1. The summed E-state index contributed by atoms with van der Waals surface area (Å²) in [6.07, 6.45) is 10.7. The predicted molar refractivity (Wildman–Crippen MR) is 86.5 cm³/mol. The van der Waals surface area contributed by atoms with Gasteiger partial charge in [0.15, 0.2) is 0 Å². The van der Waals surface area contributed by atoms with Gasteiger partial charge in [-0.25, -0.2) is 0 Å². The summed E-state index contributed by atoms with van der Waals surface area (Å²) in [5.74, 6) is 2.80. The molecule has 1 aromatic rings. The van der Waals surface area contributed by atoms with Crippen LogP contribution < -0.4 is 0 Å². The molecule has 2 aliphatic carbocycles. The Morgan fingerprint density at radius 3 is 2.48 bits per heavy atom. The van der Waals surface area contributed by atoms with E-state index in [-0.39, 0.29) is 0 Å². The van der Waals surface area contributed by atoms with E-state index in [9.17, 15) is 0 Å². The molecule has 2 saturated carbocycles. The highest BCUT2D eigenvalue weighted by Crippen LogP contribution is 2.47. The van der Waals surface area contributed by atoms with E-state index in [0.29, 0.717) is 5.92 Å². The van der Waals surface area contributed by atoms with E-state index in [4.69, 9.17) is 4.98 Å². The molecule has 2 nitrogen and oxygen atoms in total. The maximum Gasteiger partial charge on any atom is 0.0464 e. The van der Waals surface area contributed by atoms with Crippen LogP contribution in [-0.2, 0) is 0 Å². The van der Waals surface area contributed by atoms with Crippen molar-refractivity contribution in [2.75, 3.05) is 13.1 Å². The normalized spacial score (nSPS) is 33.7. The number of aryl methyl sites for hydroxylation is 2. The van der Waals surface area contributed by atoms with E-state index in [1.165, 1.54) is 68.4 Å². The van der Waals surface area contributed by atoms with E-state index >= 15 is 0 Å². The summed E-state index contributed by atoms with van der Waals surface area (Å²) >= 11 is 0. The minimum absolute atomic E-state index is 0.695. The van der Waals surface area contributed by atoms with Gasteiger partial charge < -0.3 is 4.90 Å². The molecule has 3 fully saturated rings.